The second-order valence-corrected chi connectivity index (χ2v) is 6.17. The first-order valence-electron chi connectivity index (χ1n) is 7.27. The maximum absolute atomic E-state index is 13.7. The van der Waals surface area contributed by atoms with Gasteiger partial charge in [-0.3, -0.25) is 4.79 Å². The lowest BCUT2D eigenvalue weighted by Gasteiger charge is -2.32. The Kier molecular flexibility index (Phi) is 4.76. The largest absolute Gasteiger partial charge is 0.366 e. The minimum atomic E-state index is -0.522. The number of primary amides is 1. The van der Waals surface area contributed by atoms with E-state index < -0.39 is 5.91 Å². The van der Waals surface area contributed by atoms with Crippen molar-refractivity contribution in [1.82, 2.24) is 5.32 Å². The van der Waals surface area contributed by atoms with Gasteiger partial charge < -0.3 is 11.1 Å². The lowest BCUT2D eigenvalue weighted by Crippen LogP contribution is -2.36. The molecule has 110 valence electrons. The van der Waals surface area contributed by atoms with Crippen molar-refractivity contribution in [3.05, 3.63) is 35.1 Å². The third kappa shape index (κ3) is 3.79. The van der Waals surface area contributed by atoms with E-state index in [1.54, 1.807) is 6.07 Å². The molecule has 1 aliphatic carbocycles. The number of nitrogens with two attached hydrogens (primary N) is 1. The van der Waals surface area contributed by atoms with Crippen molar-refractivity contribution in [1.29, 1.82) is 0 Å². The van der Waals surface area contributed by atoms with Gasteiger partial charge in [0, 0.05) is 23.7 Å². The van der Waals surface area contributed by atoms with Gasteiger partial charge in [0.25, 0.3) is 0 Å². The number of halogens is 1. The summed E-state index contributed by atoms with van der Waals surface area (Å²) >= 11 is 0. The Labute approximate surface area is 119 Å². The lowest BCUT2D eigenvalue weighted by atomic mass is 9.80. The average Bonchev–Trinajstić information content (AvgIpc) is 2.36. The molecule has 3 N–H and O–H groups in total. The Morgan fingerprint density at radius 1 is 1.30 bits per heavy atom. The zero-order chi connectivity index (χ0) is 14.7. The van der Waals surface area contributed by atoms with Crippen molar-refractivity contribution in [2.45, 2.75) is 45.7 Å². The predicted molar refractivity (Wildman–Crippen MR) is 77.7 cm³/mol. The summed E-state index contributed by atoms with van der Waals surface area (Å²) in [5, 5.41) is 3.41. The smallest absolute Gasteiger partial charge is 0.248 e. The number of rotatable bonds is 4. The monoisotopic (exact) mass is 278 g/mol. The van der Waals surface area contributed by atoms with E-state index in [1.807, 2.05) is 0 Å². The van der Waals surface area contributed by atoms with Crippen LogP contribution in [0.25, 0.3) is 0 Å². The van der Waals surface area contributed by atoms with Crippen LogP contribution in [0, 0.1) is 17.7 Å². The van der Waals surface area contributed by atoms with Crippen LogP contribution >= 0.6 is 0 Å². The maximum atomic E-state index is 13.7. The van der Waals surface area contributed by atoms with Crippen LogP contribution in [0.2, 0.25) is 0 Å². The van der Waals surface area contributed by atoms with Crippen molar-refractivity contribution < 1.29 is 9.18 Å². The fourth-order valence-electron chi connectivity index (χ4n) is 3.23. The van der Waals surface area contributed by atoms with E-state index in [0.717, 1.165) is 12.8 Å². The topological polar surface area (TPSA) is 55.1 Å². The molecule has 0 heterocycles. The highest BCUT2D eigenvalue weighted by atomic mass is 19.1. The van der Waals surface area contributed by atoms with Crippen LogP contribution in [0.15, 0.2) is 18.2 Å². The van der Waals surface area contributed by atoms with Crippen LogP contribution in [0.5, 0.6) is 0 Å². The van der Waals surface area contributed by atoms with E-state index in [4.69, 9.17) is 5.73 Å². The summed E-state index contributed by atoms with van der Waals surface area (Å²) in [5.41, 5.74) is 6.09. The van der Waals surface area contributed by atoms with E-state index in [1.165, 1.54) is 18.6 Å². The third-order valence-corrected chi connectivity index (χ3v) is 4.09. The number of carbonyl (C=O) groups is 1. The molecule has 2 unspecified atom stereocenters. The SMILES string of the molecule is CC1CC(C)CC(NCc2cc(C(N)=O)ccc2F)C1. The van der Waals surface area contributed by atoms with Crippen LogP contribution in [-0.2, 0) is 6.54 Å². The first-order valence-corrected chi connectivity index (χ1v) is 7.27. The van der Waals surface area contributed by atoms with E-state index in [9.17, 15) is 9.18 Å². The first kappa shape index (κ1) is 15.0. The average molecular weight is 278 g/mol. The number of nitrogens with one attached hydrogen (secondary N) is 1. The van der Waals surface area contributed by atoms with Gasteiger partial charge in [-0.05, 0) is 49.3 Å². The van der Waals surface area contributed by atoms with Gasteiger partial charge in [0.15, 0.2) is 0 Å². The van der Waals surface area contributed by atoms with Crippen molar-refractivity contribution in [2.75, 3.05) is 0 Å². The van der Waals surface area contributed by atoms with Gasteiger partial charge >= 0.3 is 0 Å². The van der Waals surface area contributed by atoms with Gasteiger partial charge in [0.1, 0.15) is 5.82 Å². The number of hydrogen-bond donors (Lipinski definition) is 2. The third-order valence-electron chi connectivity index (χ3n) is 4.09. The Balaban J connectivity index is 1.99. The van der Waals surface area contributed by atoms with Gasteiger partial charge in [-0.2, -0.15) is 0 Å². The molecule has 0 spiro atoms. The maximum Gasteiger partial charge on any atom is 0.248 e. The Morgan fingerprint density at radius 2 is 1.95 bits per heavy atom. The fraction of sp³-hybridized carbons (Fsp3) is 0.562. The molecule has 1 aromatic carbocycles. The summed E-state index contributed by atoms with van der Waals surface area (Å²) in [6.45, 7) is 4.97. The molecule has 1 aliphatic rings. The van der Waals surface area contributed by atoms with Crippen LogP contribution < -0.4 is 11.1 Å². The molecule has 0 radical (unpaired) electrons. The van der Waals surface area contributed by atoms with Crippen LogP contribution in [0.3, 0.4) is 0 Å². The van der Waals surface area contributed by atoms with Crippen LogP contribution in [0.4, 0.5) is 4.39 Å². The highest BCUT2D eigenvalue weighted by Crippen LogP contribution is 2.28. The summed E-state index contributed by atoms with van der Waals surface area (Å²) in [7, 11) is 0. The molecular formula is C16H23FN2O. The molecule has 0 aliphatic heterocycles. The van der Waals surface area contributed by atoms with E-state index in [2.05, 4.69) is 19.2 Å². The van der Waals surface area contributed by atoms with Gasteiger partial charge in [-0.1, -0.05) is 13.8 Å². The Hall–Kier alpha value is -1.42. The fourth-order valence-corrected chi connectivity index (χ4v) is 3.23. The molecular weight excluding hydrogens is 255 g/mol. The number of benzene rings is 1. The molecule has 4 heteroatoms. The molecule has 1 amide bonds. The predicted octanol–water partition coefficient (Wildman–Crippen LogP) is 2.84. The van der Waals surface area contributed by atoms with Crippen molar-refractivity contribution in [3.8, 4) is 0 Å². The zero-order valence-electron chi connectivity index (χ0n) is 12.2. The van der Waals surface area contributed by atoms with Gasteiger partial charge in [-0.25, -0.2) is 4.39 Å². The lowest BCUT2D eigenvalue weighted by molar-refractivity contribution is 0.1000. The number of amides is 1. The van der Waals surface area contributed by atoms with Crippen molar-refractivity contribution in [3.63, 3.8) is 0 Å². The van der Waals surface area contributed by atoms with E-state index in [-0.39, 0.29) is 5.82 Å². The van der Waals surface area contributed by atoms with E-state index in [0.29, 0.717) is 35.5 Å². The molecule has 0 aromatic heterocycles. The first-order chi connectivity index (χ1) is 9.45. The summed E-state index contributed by atoms with van der Waals surface area (Å²) < 4.78 is 13.7. The van der Waals surface area contributed by atoms with Crippen LogP contribution in [0.1, 0.15) is 49.0 Å². The number of carbonyl (C=O) groups excluding carboxylic acids is 1. The van der Waals surface area contributed by atoms with Gasteiger partial charge in [-0.15, -0.1) is 0 Å². The highest BCUT2D eigenvalue weighted by molar-refractivity contribution is 5.92. The Bertz CT molecular complexity index is 479. The molecule has 1 fully saturated rings. The van der Waals surface area contributed by atoms with Crippen LogP contribution in [-0.4, -0.2) is 11.9 Å². The molecule has 3 nitrogen and oxygen atoms in total. The second kappa shape index (κ2) is 6.35. The molecule has 0 saturated heterocycles. The summed E-state index contributed by atoms with van der Waals surface area (Å²) in [5.74, 6) is 0.599. The summed E-state index contributed by atoms with van der Waals surface area (Å²) in [4.78, 5) is 11.1. The minimum absolute atomic E-state index is 0.292. The molecule has 2 atom stereocenters. The minimum Gasteiger partial charge on any atom is -0.366 e. The molecule has 1 saturated carbocycles. The standard InChI is InChI=1S/C16H23FN2O/c1-10-5-11(2)7-14(6-10)19-9-13-8-12(16(18)20)3-4-15(13)17/h3-4,8,10-11,14,19H,5-7,9H2,1-2H3,(H2,18,20). The number of hydrogen-bond acceptors (Lipinski definition) is 2. The molecule has 20 heavy (non-hydrogen) atoms. The molecule has 2 rings (SSSR count). The van der Waals surface area contributed by atoms with E-state index >= 15 is 0 Å². The molecule has 1 aromatic rings. The Morgan fingerprint density at radius 3 is 2.55 bits per heavy atom. The summed E-state index contributed by atoms with van der Waals surface area (Å²) in [6, 6.07) is 4.69. The highest BCUT2D eigenvalue weighted by Gasteiger charge is 2.23. The zero-order valence-corrected chi connectivity index (χ0v) is 12.2. The van der Waals surface area contributed by atoms with Gasteiger partial charge in [0.2, 0.25) is 5.91 Å². The van der Waals surface area contributed by atoms with Gasteiger partial charge in [0.05, 0.1) is 0 Å². The quantitative estimate of drug-likeness (QED) is 0.889. The van der Waals surface area contributed by atoms with Crippen molar-refractivity contribution in [2.24, 2.45) is 17.6 Å². The summed E-state index contributed by atoms with van der Waals surface area (Å²) in [6.07, 6.45) is 3.52. The van der Waals surface area contributed by atoms with Crippen molar-refractivity contribution >= 4 is 5.91 Å². The normalized spacial score (nSPS) is 26.4. The molecule has 0 bridgehead atoms. The second-order valence-electron chi connectivity index (χ2n) is 6.17.